The number of H-pyrrole nitrogens is 2. The normalized spacial score (nSPS) is 11.0. The maximum absolute atomic E-state index is 10.6. The van der Waals surface area contributed by atoms with Crippen LogP contribution in [0.3, 0.4) is 0 Å². The Bertz CT molecular complexity index is 294. The summed E-state index contributed by atoms with van der Waals surface area (Å²) in [4.78, 5) is 13.2. The van der Waals surface area contributed by atoms with Crippen molar-refractivity contribution in [1.82, 2.24) is 15.2 Å². The van der Waals surface area contributed by atoms with Crippen LogP contribution in [0, 0.1) is 0 Å². The topological polar surface area (TPSA) is 70.8 Å². The molecule has 0 spiro atoms. The van der Waals surface area contributed by atoms with Crippen LogP contribution in [0.15, 0.2) is 9.95 Å². The van der Waals surface area contributed by atoms with Crippen molar-refractivity contribution in [2.24, 2.45) is 0 Å². The van der Waals surface area contributed by atoms with Crippen molar-refractivity contribution in [2.45, 2.75) is 25.1 Å². The Morgan fingerprint density at radius 3 is 2.92 bits per heavy atom. The summed E-state index contributed by atoms with van der Waals surface area (Å²) in [5.74, 6) is 0.791. The van der Waals surface area contributed by atoms with E-state index in [1.165, 1.54) is 11.8 Å². The first-order chi connectivity index (χ1) is 6.18. The van der Waals surface area contributed by atoms with Crippen LogP contribution < -0.4 is 5.69 Å². The Hall–Kier alpha value is -0.750. The summed E-state index contributed by atoms with van der Waals surface area (Å²) in [6.07, 6.45) is 0.249. The fourth-order valence-electron chi connectivity index (χ4n) is 0.745. The summed E-state index contributed by atoms with van der Waals surface area (Å²) in [5.41, 5.74) is -0.271. The van der Waals surface area contributed by atoms with Crippen molar-refractivity contribution >= 4 is 11.8 Å². The maximum atomic E-state index is 10.6. The zero-order chi connectivity index (χ0) is 9.68. The third kappa shape index (κ3) is 4.14. The highest BCUT2D eigenvalue weighted by Gasteiger charge is 1.98. The van der Waals surface area contributed by atoms with Gasteiger partial charge in [0.15, 0.2) is 5.16 Å². The van der Waals surface area contributed by atoms with E-state index in [9.17, 15) is 4.79 Å². The van der Waals surface area contributed by atoms with Gasteiger partial charge in [-0.15, -0.1) is 5.10 Å². The molecule has 0 aliphatic heterocycles. The number of aromatic nitrogens is 3. The zero-order valence-corrected chi connectivity index (χ0v) is 8.48. The highest BCUT2D eigenvalue weighted by atomic mass is 32.2. The first-order valence-electron chi connectivity index (χ1n) is 4.07. The average Bonchev–Trinajstić information content (AvgIpc) is 2.45. The molecule has 1 rings (SSSR count). The third-order valence-electron chi connectivity index (χ3n) is 1.25. The predicted octanol–water partition coefficient (Wildman–Crippen LogP) is 0.615. The molecule has 0 saturated carbocycles. The van der Waals surface area contributed by atoms with E-state index in [2.05, 4.69) is 15.2 Å². The van der Waals surface area contributed by atoms with Crippen LogP contribution in [-0.4, -0.2) is 33.6 Å². The van der Waals surface area contributed by atoms with Crippen LogP contribution in [0.1, 0.15) is 13.8 Å². The van der Waals surface area contributed by atoms with Gasteiger partial charge in [-0.2, -0.15) is 0 Å². The second kappa shape index (κ2) is 5.08. The summed E-state index contributed by atoms with van der Waals surface area (Å²) in [6.45, 7) is 4.64. The van der Waals surface area contributed by atoms with E-state index in [4.69, 9.17) is 4.74 Å². The lowest BCUT2D eigenvalue weighted by Crippen LogP contribution is -2.05. The number of hydrogen-bond acceptors (Lipinski definition) is 4. The molecule has 74 valence electrons. The van der Waals surface area contributed by atoms with Crippen LogP contribution in [-0.2, 0) is 4.74 Å². The van der Waals surface area contributed by atoms with Gasteiger partial charge in [-0.1, -0.05) is 11.8 Å². The Balaban J connectivity index is 2.17. The van der Waals surface area contributed by atoms with Gasteiger partial charge in [0.1, 0.15) is 0 Å². The van der Waals surface area contributed by atoms with Crippen LogP contribution in [0.5, 0.6) is 0 Å². The summed E-state index contributed by atoms with van der Waals surface area (Å²) in [5, 5.41) is 6.65. The minimum absolute atomic E-state index is 0.249. The number of nitrogens with zero attached hydrogens (tertiary/aromatic N) is 1. The molecule has 1 heterocycles. The van der Waals surface area contributed by atoms with Gasteiger partial charge in [-0.25, -0.2) is 9.89 Å². The van der Waals surface area contributed by atoms with E-state index in [0.717, 1.165) is 5.75 Å². The third-order valence-corrected chi connectivity index (χ3v) is 2.09. The largest absolute Gasteiger partial charge is 0.378 e. The molecule has 0 unspecified atom stereocenters. The van der Waals surface area contributed by atoms with Crippen LogP contribution in [0.4, 0.5) is 0 Å². The van der Waals surface area contributed by atoms with Crippen LogP contribution in [0.25, 0.3) is 0 Å². The smallest absolute Gasteiger partial charge is 0.341 e. The molecule has 0 aliphatic rings. The highest BCUT2D eigenvalue weighted by molar-refractivity contribution is 7.99. The molecule has 0 fully saturated rings. The quantitative estimate of drug-likeness (QED) is 0.543. The van der Waals surface area contributed by atoms with Gasteiger partial charge in [0, 0.05) is 5.75 Å². The van der Waals surface area contributed by atoms with Crippen molar-refractivity contribution in [3.05, 3.63) is 10.5 Å². The van der Waals surface area contributed by atoms with Crippen LogP contribution >= 0.6 is 11.8 Å². The first kappa shape index (κ1) is 10.3. The van der Waals surface area contributed by atoms with Gasteiger partial charge in [0.2, 0.25) is 0 Å². The zero-order valence-electron chi connectivity index (χ0n) is 7.66. The van der Waals surface area contributed by atoms with E-state index < -0.39 is 0 Å². The Morgan fingerprint density at radius 2 is 2.38 bits per heavy atom. The van der Waals surface area contributed by atoms with Gasteiger partial charge >= 0.3 is 5.69 Å². The Morgan fingerprint density at radius 1 is 1.62 bits per heavy atom. The van der Waals surface area contributed by atoms with Gasteiger partial charge < -0.3 is 4.74 Å². The van der Waals surface area contributed by atoms with E-state index in [1.807, 2.05) is 13.8 Å². The molecule has 0 radical (unpaired) electrons. The number of rotatable bonds is 5. The summed E-state index contributed by atoms with van der Waals surface area (Å²) in [6, 6.07) is 0. The van der Waals surface area contributed by atoms with Gasteiger partial charge in [0.05, 0.1) is 12.7 Å². The molecule has 5 nitrogen and oxygen atoms in total. The second-order valence-electron chi connectivity index (χ2n) is 2.75. The highest BCUT2D eigenvalue weighted by Crippen LogP contribution is 2.08. The Labute approximate surface area is 80.3 Å². The SMILES string of the molecule is CC(C)OCCSc1n[nH]c(=O)[nH]1. The van der Waals surface area contributed by atoms with E-state index in [0.29, 0.717) is 11.8 Å². The number of ether oxygens (including phenoxy) is 1. The number of hydrogen-bond donors (Lipinski definition) is 2. The molecule has 13 heavy (non-hydrogen) atoms. The molecule has 1 aromatic rings. The molecule has 0 aromatic carbocycles. The first-order valence-corrected chi connectivity index (χ1v) is 5.06. The van der Waals surface area contributed by atoms with Gasteiger partial charge in [-0.05, 0) is 13.8 Å². The van der Waals surface area contributed by atoms with Crippen molar-refractivity contribution < 1.29 is 4.74 Å². The summed E-state index contributed by atoms with van der Waals surface area (Å²) < 4.78 is 5.32. The van der Waals surface area contributed by atoms with Gasteiger partial charge in [0.25, 0.3) is 0 Å². The monoisotopic (exact) mass is 203 g/mol. The molecular formula is C7H13N3O2S. The average molecular weight is 203 g/mol. The van der Waals surface area contributed by atoms with Gasteiger partial charge in [-0.3, -0.25) is 4.98 Å². The lowest BCUT2D eigenvalue weighted by molar-refractivity contribution is 0.0920. The van der Waals surface area contributed by atoms with E-state index >= 15 is 0 Å². The summed E-state index contributed by atoms with van der Waals surface area (Å²) >= 11 is 1.46. The molecule has 1 aromatic heterocycles. The molecule has 0 aliphatic carbocycles. The van der Waals surface area contributed by atoms with Crippen LogP contribution in [0.2, 0.25) is 0 Å². The van der Waals surface area contributed by atoms with E-state index in [-0.39, 0.29) is 11.8 Å². The van der Waals surface area contributed by atoms with Crippen molar-refractivity contribution in [2.75, 3.05) is 12.4 Å². The number of aromatic amines is 2. The lowest BCUT2D eigenvalue weighted by Gasteiger charge is -2.05. The standard InChI is InChI=1S/C7H13N3O2S/c1-5(2)12-3-4-13-7-8-6(11)9-10-7/h5H,3-4H2,1-2H3,(H2,8,9,10,11). The minimum Gasteiger partial charge on any atom is -0.378 e. The fraction of sp³-hybridized carbons (Fsp3) is 0.714. The minimum atomic E-state index is -0.271. The molecule has 0 bridgehead atoms. The lowest BCUT2D eigenvalue weighted by atomic mass is 10.5. The Kier molecular flexibility index (Phi) is 4.04. The second-order valence-corrected chi connectivity index (χ2v) is 3.83. The fourth-order valence-corrected chi connectivity index (χ4v) is 1.39. The number of thioether (sulfide) groups is 1. The maximum Gasteiger partial charge on any atom is 0.341 e. The molecule has 0 atom stereocenters. The molecule has 0 saturated heterocycles. The van der Waals surface area contributed by atoms with Crippen molar-refractivity contribution in [3.63, 3.8) is 0 Å². The van der Waals surface area contributed by atoms with Crippen molar-refractivity contribution in [3.8, 4) is 0 Å². The molecule has 6 heteroatoms. The van der Waals surface area contributed by atoms with E-state index in [1.54, 1.807) is 0 Å². The summed E-state index contributed by atoms with van der Waals surface area (Å²) in [7, 11) is 0. The molecule has 0 amide bonds. The molecule has 2 N–H and O–H groups in total. The van der Waals surface area contributed by atoms with Crippen molar-refractivity contribution in [1.29, 1.82) is 0 Å². The molecular weight excluding hydrogens is 190 g/mol. The number of nitrogens with one attached hydrogen (secondary N) is 2. The predicted molar refractivity (Wildman–Crippen MR) is 51.0 cm³/mol.